The minimum Gasteiger partial charge on any atom is -0.496 e. The number of aromatic nitrogens is 3. The van der Waals surface area contributed by atoms with Gasteiger partial charge in [0.2, 0.25) is 5.88 Å². The number of aryl methyl sites for hydroxylation is 1. The molecule has 2 aromatic rings. The van der Waals surface area contributed by atoms with E-state index in [0.717, 1.165) is 33.5 Å². The summed E-state index contributed by atoms with van der Waals surface area (Å²) in [6.07, 6.45) is 3.50. The van der Waals surface area contributed by atoms with E-state index in [-0.39, 0.29) is 0 Å². The molecule has 0 spiro atoms. The van der Waals surface area contributed by atoms with Crippen LogP contribution in [0.15, 0.2) is 17.6 Å². The summed E-state index contributed by atoms with van der Waals surface area (Å²) in [5.74, 6) is 2.30. The highest BCUT2D eigenvalue weighted by Gasteiger charge is 2.10. The Morgan fingerprint density at radius 2 is 1.95 bits per heavy atom. The Balaban J connectivity index is 2.11. The molecular formula is C13H17N3O2S. The van der Waals surface area contributed by atoms with Crippen LogP contribution in [0.3, 0.4) is 0 Å². The Kier molecular flexibility index (Phi) is 4.31. The molecule has 0 unspecified atom stereocenters. The smallest absolute Gasteiger partial charge is 0.211 e. The van der Waals surface area contributed by atoms with Crippen molar-refractivity contribution in [3.8, 4) is 11.6 Å². The van der Waals surface area contributed by atoms with Crippen LogP contribution < -0.4 is 9.47 Å². The minimum atomic E-state index is 0.661. The van der Waals surface area contributed by atoms with E-state index in [1.807, 2.05) is 20.0 Å². The normalized spacial score (nSPS) is 10.5. The maximum Gasteiger partial charge on any atom is 0.211 e. The number of aromatic amines is 1. The van der Waals surface area contributed by atoms with Crippen LogP contribution in [0, 0.1) is 13.8 Å². The molecular weight excluding hydrogens is 262 g/mol. The molecule has 0 aliphatic carbocycles. The number of thioether (sulfide) groups is 1. The van der Waals surface area contributed by atoms with Crippen molar-refractivity contribution >= 4 is 11.8 Å². The minimum absolute atomic E-state index is 0.661. The number of ether oxygens (including phenoxy) is 2. The molecule has 6 heteroatoms. The average molecular weight is 279 g/mol. The van der Waals surface area contributed by atoms with Gasteiger partial charge in [-0.15, -0.1) is 0 Å². The molecule has 0 aromatic carbocycles. The van der Waals surface area contributed by atoms with Gasteiger partial charge in [0.25, 0.3) is 0 Å². The molecule has 0 fully saturated rings. The number of nitrogens with one attached hydrogen (secondary N) is 1. The molecule has 0 amide bonds. The van der Waals surface area contributed by atoms with Gasteiger partial charge < -0.3 is 14.5 Å². The van der Waals surface area contributed by atoms with Crippen LogP contribution in [0.2, 0.25) is 0 Å². The molecule has 102 valence electrons. The van der Waals surface area contributed by atoms with Crippen molar-refractivity contribution in [3.63, 3.8) is 0 Å². The van der Waals surface area contributed by atoms with Crippen LogP contribution in [0.5, 0.6) is 11.6 Å². The molecule has 0 aliphatic heterocycles. The lowest BCUT2D eigenvalue weighted by Gasteiger charge is -2.11. The highest BCUT2D eigenvalue weighted by molar-refractivity contribution is 7.98. The summed E-state index contributed by atoms with van der Waals surface area (Å²) in [6, 6.07) is 0. The number of rotatable bonds is 5. The van der Waals surface area contributed by atoms with Gasteiger partial charge in [-0.2, -0.15) is 0 Å². The Labute approximate surface area is 116 Å². The molecule has 0 bridgehead atoms. The third-order valence-electron chi connectivity index (χ3n) is 2.84. The largest absolute Gasteiger partial charge is 0.496 e. The number of H-pyrrole nitrogens is 1. The average Bonchev–Trinajstić information content (AvgIpc) is 2.86. The van der Waals surface area contributed by atoms with Crippen LogP contribution in [-0.4, -0.2) is 29.2 Å². The topological polar surface area (TPSA) is 60.0 Å². The number of imidazole rings is 1. The third-order valence-corrected chi connectivity index (χ3v) is 3.74. The summed E-state index contributed by atoms with van der Waals surface area (Å²) in [7, 11) is 3.29. The number of nitrogens with zero attached hydrogens (tertiary/aromatic N) is 2. The first-order valence-electron chi connectivity index (χ1n) is 5.86. The fraction of sp³-hybridized carbons (Fsp3) is 0.385. The van der Waals surface area contributed by atoms with E-state index < -0.39 is 0 Å². The zero-order valence-electron chi connectivity index (χ0n) is 11.5. The zero-order chi connectivity index (χ0) is 13.8. The first-order chi connectivity index (χ1) is 9.15. The lowest BCUT2D eigenvalue weighted by Crippen LogP contribution is -1.98. The van der Waals surface area contributed by atoms with Gasteiger partial charge in [-0.25, -0.2) is 4.98 Å². The Hall–Kier alpha value is -1.69. The van der Waals surface area contributed by atoms with E-state index in [1.54, 1.807) is 32.2 Å². The predicted octanol–water partition coefficient (Wildman–Crippen LogP) is 2.73. The summed E-state index contributed by atoms with van der Waals surface area (Å²) in [4.78, 5) is 11.7. The highest BCUT2D eigenvalue weighted by Crippen LogP contribution is 2.28. The predicted molar refractivity (Wildman–Crippen MR) is 75.0 cm³/mol. The Bertz CT molecular complexity index is 569. The monoisotopic (exact) mass is 279 g/mol. The van der Waals surface area contributed by atoms with E-state index in [2.05, 4.69) is 15.0 Å². The van der Waals surface area contributed by atoms with E-state index in [1.165, 1.54) is 0 Å². The highest BCUT2D eigenvalue weighted by atomic mass is 32.2. The van der Waals surface area contributed by atoms with Crippen LogP contribution in [-0.2, 0) is 5.75 Å². The number of methoxy groups -OCH3 is 2. The standard InChI is InChI=1S/C13H17N3O2S/c1-8-5-14-10(9(2)12(8)18-4)7-19-13-15-6-11(16-13)17-3/h5-6H,7H2,1-4H3,(H,15,16). The Morgan fingerprint density at radius 1 is 1.16 bits per heavy atom. The lowest BCUT2D eigenvalue weighted by molar-refractivity contribution is 0.398. The van der Waals surface area contributed by atoms with Crippen molar-refractivity contribution in [1.82, 2.24) is 15.0 Å². The number of hydrogen-bond acceptors (Lipinski definition) is 5. The van der Waals surface area contributed by atoms with Gasteiger partial charge in [-0.05, 0) is 13.8 Å². The summed E-state index contributed by atoms with van der Waals surface area (Å²) in [5, 5.41) is 0.817. The fourth-order valence-corrected chi connectivity index (χ4v) is 2.68. The number of pyridine rings is 1. The lowest BCUT2D eigenvalue weighted by atomic mass is 10.1. The number of hydrogen-bond donors (Lipinski definition) is 1. The molecule has 0 saturated carbocycles. The van der Waals surface area contributed by atoms with E-state index in [4.69, 9.17) is 9.47 Å². The second-order valence-electron chi connectivity index (χ2n) is 4.09. The van der Waals surface area contributed by atoms with Crippen molar-refractivity contribution in [2.24, 2.45) is 0 Å². The van der Waals surface area contributed by atoms with Gasteiger partial charge >= 0.3 is 0 Å². The first kappa shape index (κ1) is 13.7. The van der Waals surface area contributed by atoms with Crippen LogP contribution in [0.25, 0.3) is 0 Å². The van der Waals surface area contributed by atoms with Gasteiger partial charge in [0.05, 0.1) is 26.1 Å². The fourth-order valence-electron chi connectivity index (χ4n) is 1.82. The molecule has 1 N–H and O–H groups in total. The maximum absolute atomic E-state index is 5.40. The van der Waals surface area contributed by atoms with Crippen molar-refractivity contribution in [2.45, 2.75) is 24.8 Å². The molecule has 2 heterocycles. The van der Waals surface area contributed by atoms with Gasteiger partial charge in [0.15, 0.2) is 5.16 Å². The SMILES string of the molecule is COc1cnc(SCc2ncc(C)c(OC)c2C)[nH]1. The van der Waals surface area contributed by atoms with Crippen molar-refractivity contribution in [2.75, 3.05) is 14.2 Å². The van der Waals surface area contributed by atoms with Gasteiger partial charge in [-0.3, -0.25) is 4.98 Å². The van der Waals surface area contributed by atoms with E-state index in [9.17, 15) is 0 Å². The molecule has 5 nitrogen and oxygen atoms in total. The second kappa shape index (κ2) is 5.97. The molecule has 0 saturated heterocycles. The van der Waals surface area contributed by atoms with E-state index in [0.29, 0.717) is 5.88 Å². The quantitative estimate of drug-likeness (QED) is 0.853. The van der Waals surface area contributed by atoms with Crippen LogP contribution in [0.4, 0.5) is 0 Å². The first-order valence-corrected chi connectivity index (χ1v) is 6.85. The summed E-state index contributed by atoms with van der Waals surface area (Å²) in [6.45, 7) is 4.02. The molecule has 2 aromatic heterocycles. The Morgan fingerprint density at radius 3 is 2.58 bits per heavy atom. The van der Waals surface area contributed by atoms with Crippen molar-refractivity contribution in [3.05, 3.63) is 29.2 Å². The van der Waals surface area contributed by atoms with Crippen LogP contribution in [0.1, 0.15) is 16.8 Å². The van der Waals surface area contributed by atoms with Crippen molar-refractivity contribution in [1.29, 1.82) is 0 Å². The van der Waals surface area contributed by atoms with Crippen molar-refractivity contribution < 1.29 is 9.47 Å². The van der Waals surface area contributed by atoms with Gasteiger partial charge in [-0.1, -0.05) is 11.8 Å². The van der Waals surface area contributed by atoms with E-state index >= 15 is 0 Å². The third kappa shape index (κ3) is 3.01. The van der Waals surface area contributed by atoms with Crippen LogP contribution >= 0.6 is 11.8 Å². The summed E-state index contributed by atoms with van der Waals surface area (Å²) >= 11 is 1.58. The molecule has 0 aliphatic rings. The molecule has 19 heavy (non-hydrogen) atoms. The summed E-state index contributed by atoms with van der Waals surface area (Å²) in [5.41, 5.74) is 3.13. The van der Waals surface area contributed by atoms with Gasteiger partial charge in [0.1, 0.15) is 5.75 Å². The molecule has 0 radical (unpaired) electrons. The molecule has 0 atom stereocenters. The second-order valence-corrected chi connectivity index (χ2v) is 5.06. The molecule has 2 rings (SSSR count). The summed E-state index contributed by atoms with van der Waals surface area (Å²) < 4.78 is 10.5. The zero-order valence-corrected chi connectivity index (χ0v) is 12.3. The maximum atomic E-state index is 5.40. The van der Waals surface area contributed by atoms with Gasteiger partial charge in [0, 0.05) is 23.1 Å².